The first-order valence-corrected chi connectivity index (χ1v) is 6.80. The Morgan fingerprint density at radius 3 is 2.45 bits per heavy atom. The highest BCUT2D eigenvalue weighted by atomic mass is 35.5. The SMILES string of the molecule is CN(C)c1ccc(NC(=O)C2(CN)CCOCC2)nc1.Cl.Cl. The van der Waals surface area contributed by atoms with Crippen LogP contribution in [0.1, 0.15) is 12.8 Å². The van der Waals surface area contributed by atoms with Gasteiger partial charge < -0.3 is 20.7 Å². The van der Waals surface area contributed by atoms with Gasteiger partial charge in [0.1, 0.15) is 5.82 Å². The third-order valence-corrected chi connectivity index (χ3v) is 3.83. The molecule has 1 aromatic heterocycles. The number of halogens is 2. The Morgan fingerprint density at radius 1 is 1.36 bits per heavy atom. The Hall–Kier alpha value is -1.08. The summed E-state index contributed by atoms with van der Waals surface area (Å²) in [4.78, 5) is 18.7. The third-order valence-electron chi connectivity index (χ3n) is 3.83. The van der Waals surface area contributed by atoms with Crippen molar-refractivity contribution in [3.05, 3.63) is 18.3 Å². The molecule has 0 bridgehead atoms. The Kier molecular flexibility index (Phi) is 8.70. The van der Waals surface area contributed by atoms with Crippen molar-refractivity contribution in [3.63, 3.8) is 0 Å². The number of nitrogens with zero attached hydrogens (tertiary/aromatic N) is 2. The highest BCUT2D eigenvalue weighted by Gasteiger charge is 2.38. The molecule has 1 amide bonds. The molecular weight excluding hydrogens is 327 g/mol. The van der Waals surface area contributed by atoms with Crippen LogP contribution in [0.15, 0.2) is 18.3 Å². The van der Waals surface area contributed by atoms with Crippen LogP contribution in [0.4, 0.5) is 11.5 Å². The van der Waals surface area contributed by atoms with Gasteiger partial charge in [0.15, 0.2) is 0 Å². The van der Waals surface area contributed by atoms with Gasteiger partial charge in [-0.15, -0.1) is 24.8 Å². The van der Waals surface area contributed by atoms with Crippen LogP contribution < -0.4 is 16.0 Å². The standard InChI is InChI=1S/C14H22N4O2.2ClH/c1-18(2)11-3-4-12(16-9-11)17-13(19)14(10-15)5-7-20-8-6-14;;/h3-4,9H,5-8,10,15H2,1-2H3,(H,16,17,19);2*1H. The Morgan fingerprint density at radius 2 is 2.00 bits per heavy atom. The molecule has 22 heavy (non-hydrogen) atoms. The van der Waals surface area contributed by atoms with Crippen LogP contribution >= 0.6 is 24.8 Å². The smallest absolute Gasteiger partial charge is 0.233 e. The highest BCUT2D eigenvalue weighted by molar-refractivity contribution is 5.94. The maximum absolute atomic E-state index is 12.4. The summed E-state index contributed by atoms with van der Waals surface area (Å²) >= 11 is 0. The number of hydrogen-bond donors (Lipinski definition) is 2. The van der Waals surface area contributed by atoms with Gasteiger partial charge in [0.25, 0.3) is 0 Å². The maximum atomic E-state index is 12.4. The number of aromatic nitrogens is 1. The number of anilines is 2. The van der Waals surface area contributed by atoms with Crippen molar-refractivity contribution in [3.8, 4) is 0 Å². The normalized spacial score (nSPS) is 16.0. The van der Waals surface area contributed by atoms with Crippen LogP contribution in [-0.2, 0) is 9.53 Å². The molecule has 0 saturated carbocycles. The molecule has 0 radical (unpaired) electrons. The first-order chi connectivity index (χ1) is 9.57. The molecule has 2 rings (SSSR count). The zero-order chi connectivity index (χ0) is 14.6. The van der Waals surface area contributed by atoms with Gasteiger partial charge in [0.05, 0.1) is 17.3 Å². The molecule has 2 heterocycles. The molecule has 0 spiro atoms. The van der Waals surface area contributed by atoms with Crippen LogP contribution in [0.5, 0.6) is 0 Å². The Bertz CT molecular complexity index is 462. The molecule has 1 saturated heterocycles. The second-order valence-electron chi connectivity index (χ2n) is 5.35. The molecule has 1 aliphatic rings. The summed E-state index contributed by atoms with van der Waals surface area (Å²) in [6.45, 7) is 1.49. The fourth-order valence-corrected chi connectivity index (χ4v) is 2.26. The first-order valence-electron chi connectivity index (χ1n) is 6.80. The molecule has 6 nitrogen and oxygen atoms in total. The van der Waals surface area contributed by atoms with E-state index >= 15 is 0 Å². The second-order valence-corrected chi connectivity index (χ2v) is 5.35. The van der Waals surface area contributed by atoms with Gasteiger partial charge in [-0.2, -0.15) is 0 Å². The van der Waals surface area contributed by atoms with E-state index in [2.05, 4.69) is 10.3 Å². The van der Waals surface area contributed by atoms with E-state index in [-0.39, 0.29) is 30.7 Å². The topological polar surface area (TPSA) is 80.5 Å². The number of rotatable bonds is 4. The lowest BCUT2D eigenvalue weighted by Crippen LogP contribution is -2.46. The lowest BCUT2D eigenvalue weighted by molar-refractivity contribution is -0.130. The predicted octanol–water partition coefficient (Wildman–Crippen LogP) is 1.69. The van der Waals surface area contributed by atoms with Crippen molar-refractivity contribution in [1.29, 1.82) is 0 Å². The van der Waals surface area contributed by atoms with Crippen molar-refractivity contribution < 1.29 is 9.53 Å². The van der Waals surface area contributed by atoms with Crippen molar-refractivity contribution >= 4 is 42.2 Å². The van der Waals surface area contributed by atoms with Crippen LogP contribution in [0.25, 0.3) is 0 Å². The molecule has 1 aromatic rings. The monoisotopic (exact) mass is 350 g/mol. The summed E-state index contributed by atoms with van der Waals surface area (Å²) in [5.41, 5.74) is 6.27. The van der Waals surface area contributed by atoms with Crippen LogP contribution in [0.2, 0.25) is 0 Å². The number of nitrogens with one attached hydrogen (secondary N) is 1. The summed E-state index contributed by atoms with van der Waals surface area (Å²) in [6.07, 6.45) is 3.05. The number of ether oxygens (including phenoxy) is 1. The number of amides is 1. The molecule has 0 unspecified atom stereocenters. The van der Waals surface area contributed by atoms with Gasteiger partial charge in [0.2, 0.25) is 5.91 Å². The van der Waals surface area contributed by atoms with E-state index < -0.39 is 5.41 Å². The van der Waals surface area contributed by atoms with Crippen molar-refractivity contribution in [2.24, 2.45) is 11.1 Å². The van der Waals surface area contributed by atoms with Gasteiger partial charge in [-0.05, 0) is 25.0 Å². The van der Waals surface area contributed by atoms with Crippen molar-refractivity contribution in [2.45, 2.75) is 12.8 Å². The van der Waals surface area contributed by atoms with E-state index in [0.717, 1.165) is 5.69 Å². The summed E-state index contributed by atoms with van der Waals surface area (Å²) in [6, 6.07) is 3.72. The number of nitrogens with two attached hydrogens (primary N) is 1. The van der Waals surface area contributed by atoms with E-state index in [1.807, 2.05) is 25.1 Å². The molecule has 8 heteroatoms. The van der Waals surface area contributed by atoms with E-state index in [1.54, 1.807) is 12.3 Å². The first kappa shape index (κ1) is 20.9. The lowest BCUT2D eigenvalue weighted by Gasteiger charge is -2.34. The fourth-order valence-electron chi connectivity index (χ4n) is 2.26. The number of pyridine rings is 1. The molecule has 1 fully saturated rings. The molecule has 0 aromatic carbocycles. The molecule has 126 valence electrons. The summed E-state index contributed by atoms with van der Waals surface area (Å²) in [7, 11) is 3.89. The van der Waals surface area contributed by atoms with E-state index in [0.29, 0.717) is 38.4 Å². The Balaban J connectivity index is 0.00000220. The minimum atomic E-state index is -0.528. The fraction of sp³-hybridized carbons (Fsp3) is 0.571. The maximum Gasteiger partial charge on any atom is 0.233 e. The quantitative estimate of drug-likeness (QED) is 0.863. The molecular formula is C14H24Cl2N4O2. The van der Waals surface area contributed by atoms with Gasteiger partial charge in [-0.25, -0.2) is 4.98 Å². The van der Waals surface area contributed by atoms with E-state index in [4.69, 9.17) is 10.5 Å². The molecule has 1 aliphatic heterocycles. The van der Waals surface area contributed by atoms with Gasteiger partial charge in [0, 0.05) is 33.9 Å². The molecule has 0 aliphatic carbocycles. The number of hydrogen-bond acceptors (Lipinski definition) is 5. The predicted molar refractivity (Wildman–Crippen MR) is 93.2 cm³/mol. The van der Waals surface area contributed by atoms with Crippen molar-refractivity contribution in [1.82, 2.24) is 4.98 Å². The zero-order valence-electron chi connectivity index (χ0n) is 12.9. The van der Waals surface area contributed by atoms with E-state index in [9.17, 15) is 4.79 Å². The average Bonchev–Trinajstić information content (AvgIpc) is 2.48. The minimum absolute atomic E-state index is 0. The van der Waals surface area contributed by atoms with Gasteiger partial charge in [-0.3, -0.25) is 4.79 Å². The third kappa shape index (κ3) is 4.71. The summed E-state index contributed by atoms with van der Waals surface area (Å²) in [5.74, 6) is 0.494. The molecule has 0 atom stereocenters. The number of carbonyl (C=O) groups excluding carboxylic acids is 1. The van der Waals surface area contributed by atoms with Crippen LogP contribution in [0, 0.1) is 5.41 Å². The summed E-state index contributed by atoms with van der Waals surface area (Å²) < 4.78 is 5.31. The van der Waals surface area contributed by atoms with Gasteiger partial charge in [-0.1, -0.05) is 0 Å². The highest BCUT2D eigenvalue weighted by Crippen LogP contribution is 2.30. The van der Waals surface area contributed by atoms with Crippen LogP contribution in [0.3, 0.4) is 0 Å². The number of carbonyl (C=O) groups is 1. The lowest BCUT2D eigenvalue weighted by atomic mass is 9.79. The molecule has 3 N–H and O–H groups in total. The largest absolute Gasteiger partial charge is 0.381 e. The van der Waals surface area contributed by atoms with Gasteiger partial charge >= 0.3 is 0 Å². The van der Waals surface area contributed by atoms with Crippen LogP contribution in [-0.4, -0.2) is 44.7 Å². The average molecular weight is 351 g/mol. The summed E-state index contributed by atoms with van der Waals surface area (Å²) in [5, 5.41) is 2.87. The zero-order valence-corrected chi connectivity index (χ0v) is 14.5. The van der Waals surface area contributed by atoms with Crippen molar-refractivity contribution in [2.75, 3.05) is 44.1 Å². The second kappa shape index (κ2) is 9.15. The van der Waals surface area contributed by atoms with E-state index in [1.165, 1.54) is 0 Å². The Labute approximate surface area is 143 Å². The minimum Gasteiger partial charge on any atom is -0.381 e.